The minimum Gasteiger partial charge on any atom is -0.397 e. The zero-order valence-electron chi connectivity index (χ0n) is 12.2. The molecule has 0 bridgehead atoms. The van der Waals surface area contributed by atoms with Crippen LogP contribution in [0, 0.1) is 18.3 Å². The highest BCUT2D eigenvalue weighted by Crippen LogP contribution is 2.43. The Hall–Kier alpha value is -2.14. The maximum atomic E-state index is 10.5. The van der Waals surface area contributed by atoms with Crippen molar-refractivity contribution in [2.75, 3.05) is 12.3 Å². The normalized spacial score (nSPS) is 31.5. The van der Waals surface area contributed by atoms with Crippen molar-refractivity contribution in [3.8, 4) is 12.3 Å². The van der Waals surface area contributed by atoms with E-state index in [2.05, 4.69) is 15.9 Å². The largest absolute Gasteiger partial charge is 0.397 e. The van der Waals surface area contributed by atoms with Crippen LogP contribution >= 0.6 is 0 Å². The minimum atomic E-state index is -1.41. The van der Waals surface area contributed by atoms with Crippen LogP contribution in [-0.2, 0) is 4.74 Å². The molecule has 116 valence electrons. The summed E-state index contributed by atoms with van der Waals surface area (Å²) in [6.45, 7) is 1.47. The van der Waals surface area contributed by atoms with Crippen molar-refractivity contribution in [3.05, 3.63) is 18.6 Å². The number of anilines is 1. The van der Waals surface area contributed by atoms with E-state index in [9.17, 15) is 10.2 Å². The molecule has 4 atom stereocenters. The van der Waals surface area contributed by atoms with Crippen LogP contribution in [0.15, 0.2) is 18.6 Å². The molecule has 3 rings (SSSR count). The molecule has 2 aromatic heterocycles. The molecule has 7 heteroatoms. The summed E-state index contributed by atoms with van der Waals surface area (Å²) in [7, 11) is 0. The van der Waals surface area contributed by atoms with Crippen LogP contribution < -0.4 is 5.73 Å². The summed E-state index contributed by atoms with van der Waals surface area (Å²) in [6.07, 6.45) is 7.72. The van der Waals surface area contributed by atoms with Gasteiger partial charge in [0.15, 0.2) is 11.2 Å². The molecule has 1 fully saturated rings. The molecule has 2 aromatic rings. The average molecular weight is 302 g/mol. The van der Waals surface area contributed by atoms with Gasteiger partial charge in [-0.3, -0.25) is 4.57 Å². The highest BCUT2D eigenvalue weighted by molar-refractivity contribution is 5.83. The first kappa shape index (κ1) is 14.8. The molecule has 7 nitrogen and oxygen atoms in total. The molecule has 0 unspecified atom stereocenters. The molecule has 0 saturated carbocycles. The number of terminal acetylenes is 1. The number of nitrogens with zero attached hydrogens (tertiary/aromatic N) is 3. The summed E-state index contributed by atoms with van der Waals surface area (Å²) < 4.78 is 7.57. The van der Waals surface area contributed by atoms with Gasteiger partial charge in [0, 0.05) is 12.1 Å². The molecule has 0 amide bonds. The van der Waals surface area contributed by atoms with E-state index < -0.39 is 24.5 Å². The van der Waals surface area contributed by atoms with Crippen LogP contribution in [0.2, 0.25) is 0 Å². The number of aliphatic hydroxyl groups is 2. The van der Waals surface area contributed by atoms with Gasteiger partial charge < -0.3 is 20.7 Å². The lowest BCUT2D eigenvalue weighted by molar-refractivity contribution is -0.0898. The molecule has 1 aliphatic heterocycles. The fraction of sp³-hybridized carbons (Fsp3) is 0.467. The predicted molar refractivity (Wildman–Crippen MR) is 80.5 cm³/mol. The Morgan fingerprint density at radius 3 is 2.95 bits per heavy atom. The van der Waals surface area contributed by atoms with Gasteiger partial charge in [0.1, 0.15) is 17.8 Å². The molecule has 0 radical (unpaired) electrons. The number of aromatic nitrogens is 3. The third-order valence-electron chi connectivity index (χ3n) is 4.30. The summed E-state index contributed by atoms with van der Waals surface area (Å²) in [5.41, 5.74) is 6.11. The highest BCUT2D eigenvalue weighted by atomic mass is 16.6. The van der Waals surface area contributed by atoms with Crippen molar-refractivity contribution in [1.82, 2.24) is 14.5 Å². The van der Waals surface area contributed by atoms with Gasteiger partial charge in [0.2, 0.25) is 0 Å². The van der Waals surface area contributed by atoms with Crippen molar-refractivity contribution >= 4 is 16.9 Å². The predicted octanol–water partition coefficient (Wildman–Crippen LogP) is 0.294. The number of rotatable bonds is 3. The lowest BCUT2D eigenvalue weighted by atomic mass is 9.89. The number of pyridine rings is 1. The van der Waals surface area contributed by atoms with Crippen molar-refractivity contribution in [3.63, 3.8) is 0 Å². The fourth-order valence-corrected chi connectivity index (χ4v) is 3.00. The van der Waals surface area contributed by atoms with Crippen molar-refractivity contribution in [2.45, 2.75) is 31.3 Å². The number of imidazole rings is 1. The van der Waals surface area contributed by atoms with E-state index in [1.54, 1.807) is 23.2 Å². The summed E-state index contributed by atoms with van der Waals surface area (Å²) in [5, 5.41) is 20.1. The SMILES string of the molecule is C#C[C@]1(CO)O[C@@H](n2cnc3c(N)ccnc32)[C@@H](CC)[C@@H]1O. The monoisotopic (exact) mass is 302 g/mol. The first-order chi connectivity index (χ1) is 10.6. The Kier molecular flexibility index (Phi) is 3.53. The van der Waals surface area contributed by atoms with Crippen molar-refractivity contribution in [1.29, 1.82) is 0 Å². The zero-order chi connectivity index (χ0) is 15.9. The summed E-state index contributed by atoms with van der Waals surface area (Å²) in [5.74, 6) is 2.10. The Morgan fingerprint density at radius 2 is 2.32 bits per heavy atom. The van der Waals surface area contributed by atoms with Gasteiger partial charge in [-0.2, -0.15) is 0 Å². The van der Waals surface area contributed by atoms with E-state index in [0.717, 1.165) is 0 Å². The molecular formula is C15H18N4O3. The number of nitrogens with two attached hydrogens (primary N) is 1. The van der Waals surface area contributed by atoms with Crippen LogP contribution in [0.25, 0.3) is 11.2 Å². The second-order valence-corrected chi connectivity index (χ2v) is 5.44. The number of fused-ring (bicyclic) bond motifs is 1. The maximum absolute atomic E-state index is 10.5. The Bertz CT molecular complexity index is 738. The van der Waals surface area contributed by atoms with Gasteiger partial charge in [0.05, 0.1) is 18.6 Å². The van der Waals surface area contributed by atoms with Crippen LogP contribution in [0.5, 0.6) is 0 Å². The van der Waals surface area contributed by atoms with Crippen LogP contribution in [0.4, 0.5) is 5.69 Å². The summed E-state index contributed by atoms with van der Waals surface area (Å²) >= 11 is 0. The van der Waals surface area contributed by atoms with Gasteiger partial charge in [-0.15, -0.1) is 6.42 Å². The van der Waals surface area contributed by atoms with Crippen LogP contribution in [-0.4, -0.2) is 43.1 Å². The number of ether oxygens (including phenoxy) is 1. The maximum Gasteiger partial charge on any atom is 0.179 e. The van der Waals surface area contributed by atoms with E-state index in [1.165, 1.54) is 0 Å². The molecule has 0 spiro atoms. The molecular weight excluding hydrogens is 284 g/mol. The molecule has 1 aliphatic rings. The van der Waals surface area contributed by atoms with Gasteiger partial charge >= 0.3 is 0 Å². The first-order valence-electron chi connectivity index (χ1n) is 7.09. The molecule has 4 N–H and O–H groups in total. The third kappa shape index (κ3) is 1.89. The Balaban J connectivity index is 2.10. The third-order valence-corrected chi connectivity index (χ3v) is 4.30. The quantitative estimate of drug-likeness (QED) is 0.704. The highest BCUT2D eigenvalue weighted by Gasteiger charge is 2.53. The van der Waals surface area contributed by atoms with Gasteiger partial charge in [-0.25, -0.2) is 9.97 Å². The van der Waals surface area contributed by atoms with E-state index >= 15 is 0 Å². The van der Waals surface area contributed by atoms with Gasteiger partial charge in [-0.1, -0.05) is 12.8 Å². The molecule has 22 heavy (non-hydrogen) atoms. The number of aliphatic hydroxyl groups excluding tert-OH is 2. The summed E-state index contributed by atoms with van der Waals surface area (Å²) in [4.78, 5) is 8.54. The topological polar surface area (TPSA) is 106 Å². The lowest BCUT2D eigenvalue weighted by Gasteiger charge is -2.24. The van der Waals surface area contributed by atoms with E-state index in [1.807, 2.05) is 6.92 Å². The van der Waals surface area contributed by atoms with Crippen molar-refractivity contribution < 1.29 is 14.9 Å². The Labute approximate surface area is 127 Å². The molecule has 1 saturated heterocycles. The van der Waals surface area contributed by atoms with Crippen LogP contribution in [0.3, 0.4) is 0 Å². The lowest BCUT2D eigenvalue weighted by Crippen LogP contribution is -2.43. The smallest absolute Gasteiger partial charge is 0.179 e. The Morgan fingerprint density at radius 1 is 1.55 bits per heavy atom. The molecule has 0 aromatic carbocycles. The van der Waals surface area contributed by atoms with Gasteiger partial charge in [0.25, 0.3) is 0 Å². The van der Waals surface area contributed by atoms with E-state index in [4.69, 9.17) is 16.9 Å². The van der Waals surface area contributed by atoms with Gasteiger partial charge in [-0.05, 0) is 12.5 Å². The van der Waals surface area contributed by atoms with Crippen molar-refractivity contribution in [2.24, 2.45) is 5.92 Å². The number of nitrogen functional groups attached to an aromatic ring is 1. The number of hydrogen-bond acceptors (Lipinski definition) is 6. The van der Waals surface area contributed by atoms with E-state index in [-0.39, 0.29) is 5.92 Å². The van der Waals surface area contributed by atoms with E-state index in [0.29, 0.717) is 23.3 Å². The summed E-state index contributed by atoms with van der Waals surface area (Å²) in [6, 6.07) is 1.67. The molecule has 0 aliphatic carbocycles. The fourth-order valence-electron chi connectivity index (χ4n) is 3.00. The van der Waals surface area contributed by atoms with Crippen LogP contribution in [0.1, 0.15) is 19.6 Å². The number of hydrogen-bond donors (Lipinski definition) is 3. The second-order valence-electron chi connectivity index (χ2n) is 5.44. The second kappa shape index (κ2) is 5.25. The average Bonchev–Trinajstić information content (AvgIpc) is 3.07. The first-order valence-corrected chi connectivity index (χ1v) is 7.09. The minimum absolute atomic E-state index is 0.288. The zero-order valence-corrected chi connectivity index (χ0v) is 12.2. The standard InChI is InChI=1S/C15H18N4O3/c1-3-9-12(21)15(4-2,7-20)22-14(9)19-8-18-11-10(16)5-6-17-13(11)19/h2,5-6,8-9,12,14,20-21H,3,7H2,1H3,(H2,16,17)/t9-,12-,14+,15+/m0/s1. The molecule has 3 heterocycles.